The highest BCUT2D eigenvalue weighted by atomic mass is 79.9. The van der Waals surface area contributed by atoms with Crippen molar-refractivity contribution in [2.45, 2.75) is 31.2 Å². The van der Waals surface area contributed by atoms with E-state index in [4.69, 9.17) is 5.26 Å². The van der Waals surface area contributed by atoms with Gasteiger partial charge in [-0.15, -0.1) is 0 Å². The maximum Gasteiger partial charge on any atom is 0.221 e. The molecule has 1 aliphatic rings. The van der Waals surface area contributed by atoms with Gasteiger partial charge in [-0.25, -0.2) is 4.39 Å². The molecule has 0 aromatic heterocycles. The summed E-state index contributed by atoms with van der Waals surface area (Å²) < 4.78 is 13.8. The molecule has 2 rings (SSSR count). The van der Waals surface area contributed by atoms with Gasteiger partial charge in [0.1, 0.15) is 11.4 Å². The van der Waals surface area contributed by atoms with Gasteiger partial charge in [-0.2, -0.15) is 5.26 Å². The van der Waals surface area contributed by atoms with Gasteiger partial charge in [-0.05, 0) is 43.0 Å². The normalized spacial score (nSPS) is 15.8. The molecule has 0 saturated heterocycles. The summed E-state index contributed by atoms with van der Waals surface area (Å²) in [6.07, 6.45) is 2.15. The molecule has 0 radical (unpaired) electrons. The fourth-order valence-electron chi connectivity index (χ4n) is 1.70. The second kappa shape index (κ2) is 5.07. The zero-order valence-electron chi connectivity index (χ0n) is 9.67. The highest BCUT2D eigenvalue weighted by molar-refractivity contribution is 9.10. The van der Waals surface area contributed by atoms with E-state index in [1.165, 1.54) is 12.1 Å². The predicted octanol–water partition coefficient (Wildman–Crippen LogP) is 2.69. The Bertz CT molecular complexity index is 520. The smallest absolute Gasteiger partial charge is 0.221 e. The van der Waals surface area contributed by atoms with Crippen LogP contribution in [0.4, 0.5) is 4.39 Å². The average molecular weight is 311 g/mol. The Hall–Kier alpha value is -1.41. The third-order valence-electron chi connectivity index (χ3n) is 2.97. The number of halogens is 2. The Kier molecular flexibility index (Phi) is 3.67. The first kappa shape index (κ1) is 13.0. The number of carbonyl (C=O) groups excluding carboxylic acids is 1. The molecule has 3 nitrogen and oxygen atoms in total. The van der Waals surface area contributed by atoms with Gasteiger partial charge in [0.05, 0.1) is 6.07 Å². The Balaban J connectivity index is 1.90. The van der Waals surface area contributed by atoms with Crippen molar-refractivity contribution in [2.24, 2.45) is 0 Å². The third-order valence-corrected chi connectivity index (χ3v) is 3.75. The van der Waals surface area contributed by atoms with Gasteiger partial charge in [0.2, 0.25) is 5.91 Å². The maximum absolute atomic E-state index is 13.0. The van der Waals surface area contributed by atoms with Crippen molar-refractivity contribution in [3.05, 3.63) is 34.1 Å². The summed E-state index contributed by atoms with van der Waals surface area (Å²) in [5.41, 5.74) is 0.128. The summed E-state index contributed by atoms with van der Waals surface area (Å²) in [6, 6.07) is 6.50. The fraction of sp³-hybridized carbons (Fsp3) is 0.385. The van der Waals surface area contributed by atoms with E-state index < -0.39 is 5.54 Å². The molecule has 1 fully saturated rings. The lowest BCUT2D eigenvalue weighted by Crippen LogP contribution is -2.35. The number of carbonyl (C=O) groups is 1. The molecule has 1 aromatic rings. The van der Waals surface area contributed by atoms with Gasteiger partial charge < -0.3 is 5.32 Å². The molecule has 5 heteroatoms. The largest absolute Gasteiger partial charge is 0.338 e. The van der Waals surface area contributed by atoms with Crippen LogP contribution in [0.2, 0.25) is 0 Å². The van der Waals surface area contributed by atoms with E-state index in [0.717, 1.165) is 22.9 Å². The molecule has 18 heavy (non-hydrogen) atoms. The number of hydrogen-bond acceptors (Lipinski definition) is 2. The lowest BCUT2D eigenvalue weighted by molar-refractivity contribution is -0.121. The van der Waals surface area contributed by atoms with Crippen molar-refractivity contribution in [2.75, 3.05) is 0 Å². The van der Waals surface area contributed by atoms with Crippen LogP contribution in [0.3, 0.4) is 0 Å². The average Bonchev–Trinajstić information content (AvgIpc) is 3.11. The number of hydrogen-bond donors (Lipinski definition) is 1. The second-order valence-corrected chi connectivity index (χ2v) is 5.33. The second-order valence-electron chi connectivity index (χ2n) is 4.48. The topological polar surface area (TPSA) is 52.9 Å². The Morgan fingerprint density at radius 1 is 1.56 bits per heavy atom. The van der Waals surface area contributed by atoms with Crippen molar-refractivity contribution < 1.29 is 9.18 Å². The van der Waals surface area contributed by atoms with E-state index in [-0.39, 0.29) is 18.1 Å². The number of amides is 1. The van der Waals surface area contributed by atoms with Crippen LogP contribution in [0.1, 0.15) is 24.8 Å². The summed E-state index contributed by atoms with van der Waals surface area (Å²) in [5, 5.41) is 11.6. The lowest BCUT2D eigenvalue weighted by Gasteiger charge is -2.09. The molecular weight excluding hydrogens is 299 g/mol. The van der Waals surface area contributed by atoms with Crippen LogP contribution in [0.5, 0.6) is 0 Å². The predicted molar refractivity (Wildman–Crippen MR) is 68.1 cm³/mol. The zero-order chi connectivity index (χ0) is 13.2. The van der Waals surface area contributed by atoms with Crippen LogP contribution in [-0.4, -0.2) is 11.4 Å². The molecule has 0 heterocycles. The molecule has 0 spiro atoms. The lowest BCUT2D eigenvalue weighted by atomic mass is 10.1. The molecule has 0 bridgehead atoms. The van der Waals surface area contributed by atoms with E-state index in [1.807, 2.05) is 0 Å². The quantitative estimate of drug-likeness (QED) is 0.929. The Labute approximate surface area is 113 Å². The van der Waals surface area contributed by atoms with Gasteiger partial charge in [0.15, 0.2) is 0 Å². The number of aryl methyl sites for hydroxylation is 1. The molecule has 1 amide bonds. The highest BCUT2D eigenvalue weighted by Gasteiger charge is 2.44. The zero-order valence-corrected chi connectivity index (χ0v) is 11.3. The van der Waals surface area contributed by atoms with Gasteiger partial charge >= 0.3 is 0 Å². The van der Waals surface area contributed by atoms with E-state index >= 15 is 0 Å². The molecule has 1 N–H and O–H groups in total. The van der Waals surface area contributed by atoms with Gasteiger partial charge in [-0.3, -0.25) is 4.79 Å². The minimum absolute atomic E-state index is 0.162. The molecule has 1 aliphatic carbocycles. The Morgan fingerprint density at radius 3 is 2.89 bits per heavy atom. The summed E-state index contributed by atoms with van der Waals surface area (Å²) in [4.78, 5) is 11.7. The first-order valence-corrected chi connectivity index (χ1v) is 6.50. The van der Waals surface area contributed by atoms with Crippen LogP contribution in [0, 0.1) is 17.1 Å². The first-order valence-electron chi connectivity index (χ1n) is 5.71. The van der Waals surface area contributed by atoms with Gasteiger partial charge in [-0.1, -0.05) is 15.9 Å². The van der Waals surface area contributed by atoms with E-state index in [9.17, 15) is 9.18 Å². The maximum atomic E-state index is 13.0. The van der Waals surface area contributed by atoms with Crippen molar-refractivity contribution in [3.63, 3.8) is 0 Å². The summed E-state index contributed by atoms with van der Waals surface area (Å²) in [5.74, 6) is -0.477. The monoisotopic (exact) mass is 310 g/mol. The number of nitrogens with one attached hydrogen (secondary N) is 1. The van der Waals surface area contributed by atoms with Gasteiger partial charge in [0, 0.05) is 10.9 Å². The summed E-state index contributed by atoms with van der Waals surface area (Å²) in [7, 11) is 0. The van der Waals surface area contributed by atoms with E-state index in [0.29, 0.717) is 6.42 Å². The number of rotatable bonds is 4. The third kappa shape index (κ3) is 3.08. The SMILES string of the molecule is N#CC1(NC(=O)CCc2cc(F)ccc2Br)CC1. The molecule has 0 atom stereocenters. The highest BCUT2D eigenvalue weighted by Crippen LogP contribution is 2.34. The molecule has 0 unspecified atom stereocenters. The Morgan fingerprint density at radius 2 is 2.28 bits per heavy atom. The van der Waals surface area contributed by atoms with E-state index in [1.54, 1.807) is 6.07 Å². The van der Waals surface area contributed by atoms with Crippen molar-refractivity contribution >= 4 is 21.8 Å². The fourth-order valence-corrected chi connectivity index (χ4v) is 2.15. The summed E-state index contributed by atoms with van der Waals surface area (Å²) >= 11 is 3.32. The number of nitrogens with zero attached hydrogens (tertiary/aromatic N) is 1. The molecule has 1 saturated carbocycles. The number of benzene rings is 1. The molecule has 1 aromatic carbocycles. The summed E-state index contributed by atoms with van der Waals surface area (Å²) in [6.45, 7) is 0. The van der Waals surface area contributed by atoms with Crippen LogP contribution in [0.25, 0.3) is 0 Å². The standard InChI is InChI=1S/C13H12BrFN2O/c14-11-3-2-10(15)7-9(11)1-4-12(18)17-13(8-16)5-6-13/h2-3,7H,1,4-6H2,(H,17,18). The molecule has 94 valence electrons. The number of nitriles is 1. The molecule has 0 aliphatic heterocycles. The van der Waals surface area contributed by atoms with Crippen molar-refractivity contribution in [1.29, 1.82) is 5.26 Å². The van der Waals surface area contributed by atoms with Crippen LogP contribution < -0.4 is 5.32 Å². The first-order chi connectivity index (χ1) is 8.54. The van der Waals surface area contributed by atoms with E-state index in [2.05, 4.69) is 27.3 Å². The van der Waals surface area contributed by atoms with Crippen molar-refractivity contribution in [3.8, 4) is 6.07 Å². The van der Waals surface area contributed by atoms with Gasteiger partial charge in [0.25, 0.3) is 0 Å². The minimum atomic E-state index is -0.629. The van der Waals surface area contributed by atoms with Crippen LogP contribution >= 0.6 is 15.9 Å². The van der Waals surface area contributed by atoms with Crippen LogP contribution in [0.15, 0.2) is 22.7 Å². The van der Waals surface area contributed by atoms with Crippen molar-refractivity contribution in [1.82, 2.24) is 5.32 Å². The minimum Gasteiger partial charge on any atom is -0.338 e. The van der Waals surface area contributed by atoms with Crippen LogP contribution in [-0.2, 0) is 11.2 Å². The molecular formula is C13H12BrFN2O.